The summed E-state index contributed by atoms with van der Waals surface area (Å²) in [5.41, 5.74) is 6.26. The molecule has 0 saturated carbocycles. The van der Waals surface area contributed by atoms with Crippen LogP contribution in [0.5, 0.6) is 5.75 Å². The van der Waals surface area contributed by atoms with E-state index in [1.807, 2.05) is 39.9 Å². The van der Waals surface area contributed by atoms with Gasteiger partial charge in [-0.15, -0.1) is 0 Å². The van der Waals surface area contributed by atoms with Gasteiger partial charge in [0.25, 0.3) is 0 Å². The lowest BCUT2D eigenvalue weighted by molar-refractivity contribution is -0.140. The second-order valence-electron chi connectivity index (χ2n) is 7.63. The third-order valence-electron chi connectivity index (χ3n) is 5.72. The molecule has 2 saturated heterocycles. The maximum atomic E-state index is 12.7. The predicted octanol–water partition coefficient (Wildman–Crippen LogP) is 1.92. The second kappa shape index (κ2) is 8.22. The fourth-order valence-corrected chi connectivity index (χ4v) is 4.18. The standard InChI is InChI=1S/C21H27N3O4/c22-20(25)14-24-11-6-17-18(24)2-1-3-19(17)28-16-4-9-23(10-5-16)21(26)15-7-12-27-13-8-15/h1-3,6,11,15-16H,4-5,7-10,12-14H2,(H2,22,25). The highest BCUT2D eigenvalue weighted by Crippen LogP contribution is 2.29. The van der Waals surface area contributed by atoms with Gasteiger partial charge in [-0.3, -0.25) is 9.59 Å². The molecule has 2 N–H and O–H groups in total. The fraction of sp³-hybridized carbons (Fsp3) is 0.524. The summed E-state index contributed by atoms with van der Waals surface area (Å²) in [6.07, 6.45) is 5.26. The molecule has 0 radical (unpaired) electrons. The minimum absolute atomic E-state index is 0.0869. The van der Waals surface area contributed by atoms with E-state index >= 15 is 0 Å². The normalized spacial score (nSPS) is 19.1. The topological polar surface area (TPSA) is 86.8 Å². The number of fused-ring (bicyclic) bond motifs is 1. The molecule has 0 aliphatic carbocycles. The van der Waals surface area contributed by atoms with Crippen LogP contribution in [-0.2, 0) is 20.9 Å². The minimum Gasteiger partial charge on any atom is -0.490 e. The van der Waals surface area contributed by atoms with E-state index < -0.39 is 0 Å². The van der Waals surface area contributed by atoms with Gasteiger partial charge >= 0.3 is 0 Å². The first-order valence-corrected chi connectivity index (χ1v) is 10.0. The fourth-order valence-electron chi connectivity index (χ4n) is 4.18. The highest BCUT2D eigenvalue weighted by molar-refractivity contribution is 5.88. The summed E-state index contributed by atoms with van der Waals surface area (Å²) in [4.78, 5) is 25.9. The summed E-state index contributed by atoms with van der Waals surface area (Å²) < 4.78 is 13.5. The van der Waals surface area contributed by atoms with Crippen LogP contribution in [-0.4, -0.2) is 53.7 Å². The zero-order chi connectivity index (χ0) is 19.5. The maximum Gasteiger partial charge on any atom is 0.237 e. The molecule has 2 fully saturated rings. The van der Waals surface area contributed by atoms with E-state index in [0.29, 0.717) is 13.2 Å². The van der Waals surface area contributed by atoms with Crippen molar-refractivity contribution in [1.29, 1.82) is 0 Å². The predicted molar refractivity (Wildman–Crippen MR) is 105 cm³/mol. The number of piperidine rings is 1. The number of aromatic nitrogens is 1. The Labute approximate surface area is 164 Å². The van der Waals surface area contributed by atoms with Gasteiger partial charge in [0.1, 0.15) is 18.4 Å². The number of carbonyl (C=O) groups excluding carboxylic acids is 2. The van der Waals surface area contributed by atoms with Crippen LogP contribution >= 0.6 is 0 Å². The molecule has 150 valence electrons. The van der Waals surface area contributed by atoms with Crippen LogP contribution in [0, 0.1) is 5.92 Å². The van der Waals surface area contributed by atoms with Crippen LogP contribution in [0.3, 0.4) is 0 Å². The molecule has 3 heterocycles. The van der Waals surface area contributed by atoms with E-state index in [1.54, 1.807) is 0 Å². The average Bonchev–Trinajstić information content (AvgIpc) is 3.12. The van der Waals surface area contributed by atoms with Crippen LogP contribution in [0.2, 0.25) is 0 Å². The average molecular weight is 385 g/mol. The first kappa shape index (κ1) is 18.8. The first-order valence-electron chi connectivity index (χ1n) is 10.0. The van der Waals surface area contributed by atoms with E-state index in [-0.39, 0.29) is 30.4 Å². The molecule has 0 bridgehead atoms. The van der Waals surface area contributed by atoms with Crippen molar-refractivity contribution in [2.24, 2.45) is 11.7 Å². The minimum atomic E-state index is -0.370. The number of hydrogen-bond donors (Lipinski definition) is 1. The SMILES string of the molecule is NC(=O)Cn1ccc2c(OC3CCN(C(=O)C4CCOCC4)CC3)cccc21. The summed E-state index contributed by atoms with van der Waals surface area (Å²) in [7, 11) is 0. The zero-order valence-electron chi connectivity index (χ0n) is 16.0. The number of nitrogens with zero attached hydrogens (tertiary/aromatic N) is 2. The summed E-state index contributed by atoms with van der Waals surface area (Å²) in [6, 6.07) is 7.80. The molecule has 0 unspecified atom stereocenters. The molecule has 7 heteroatoms. The van der Waals surface area contributed by atoms with Gasteiger partial charge < -0.3 is 24.7 Å². The van der Waals surface area contributed by atoms with E-state index in [2.05, 4.69) is 0 Å². The van der Waals surface area contributed by atoms with Gasteiger partial charge in [-0.1, -0.05) is 6.07 Å². The number of nitrogens with two attached hydrogens (primary N) is 1. The van der Waals surface area contributed by atoms with Crippen molar-refractivity contribution in [2.45, 2.75) is 38.3 Å². The van der Waals surface area contributed by atoms with Gasteiger partial charge in [0.2, 0.25) is 11.8 Å². The van der Waals surface area contributed by atoms with E-state index in [1.165, 1.54) is 0 Å². The van der Waals surface area contributed by atoms with Crippen molar-refractivity contribution in [3.63, 3.8) is 0 Å². The first-order chi connectivity index (χ1) is 13.6. The Morgan fingerprint density at radius 3 is 2.57 bits per heavy atom. The Morgan fingerprint density at radius 1 is 1.11 bits per heavy atom. The smallest absolute Gasteiger partial charge is 0.237 e. The monoisotopic (exact) mass is 385 g/mol. The molecular formula is C21H27N3O4. The quantitative estimate of drug-likeness (QED) is 0.852. The highest BCUT2D eigenvalue weighted by atomic mass is 16.5. The zero-order valence-corrected chi connectivity index (χ0v) is 16.0. The van der Waals surface area contributed by atoms with Crippen LogP contribution in [0.1, 0.15) is 25.7 Å². The lowest BCUT2D eigenvalue weighted by atomic mass is 9.97. The number of rotatable bonds is 5. The Morgan fingerprint density at radius 2 is 1.86 bits per heavy atom. The number of ether oxygens (including phenoxy) is 2. The number of amides is 2. The Bertz CT molecular complexity index is 848. The molecule has 2 aromatic rings. The molecule has 7 nitrogen and oxygen atoms in total. The summed E-state index contributed by atoms with van der Waals surface area (Å²) in [5, 5.41) is 0.976. The molecule has 1 aromatic carbocycles. The Hall–Kier alpha value is -2.54. The molecule has 0 atom stereocenters. The lowest BCUT2D eigenvalue weighted by Gasteiger charge is -2.35. The summed E-state index contributed by atoms with van der Waals surface area (Å²) in [5.74, 6) is 0.831. The molecule has 2 amide bonds. The number of benzene rings is 1. The van der Waals surface area contributed by atoms with Gasteiger partial charge in [0.15, 0.2) is 0 Å². The van der Waals surface area contributed by atoms with Crippen LogP contribution in [0.25, 0.3) is 10.9 Å². The van der Waals surface area contributed by atoms with Crippen molar-refractivity contribution in [3.8, 4) is 5.75 Å². The Balaban J connectivity index is 1.38. The van der Waals surface area contributed by atoms with E-state index in [9.17, 15) is 9.59 Å². The number of hydrogen-bond acceptors (Lipinski definition) is 4. The molecule has 2 aliphatic heterocycles. The van der Waals surface area contributed by atoms with E-state index in [4.69, 9.17) is 15.2 Å². The second-order valence-corrected chi connectivity index (χ2v) is 7.63. The third kappa shape index (κ3) is 3.99. The van der Waals surface area contributed by atoms with Crippen molar-refractivity contribution in [3.05, 3.63) is 30.5 Å². The number of carbonyl (C=O) groups is 2. The van der Waals surface area contributed by atoms with Gasteiger partial charge in [0, 0.05) is 56.6 Å². The van der Waals surface area contributed by atoms with Gasteiger partial charge in [-0.25, -0.2) is 0 Å². The van der Waals surface area contributed by atoms with Gasteiger partial charge in [-0.05, 0) is 31.0 Å². The molecule has 28 heavy (non-hydrogen) atoms. The lowest BCUT2D eigenvalue weighted by Crippen LogP contribution is -2.45. The third-order valence-corrected chi connectivity index (χ3v) is 5.72. The van der Waals surface area contributed by atoms with Crippen LogP contribution in [0.15, 0.2) is 30.5 Å². The molecule has 1 aromatic heterocycles. The Kier molecular flexibility index (Phi) is 5.52. The summed E-state index contributed by atoms with van der Waals surface area (Å²) >= 11 is 0. The maximum absolute atomic E-state index is 12.7. The van der Waals surface area contributed by atoms with Crippen LogP contribution < -0.4 is 10.5 Å². The molecule has 2 aliphatic rings. The van der Waals surface area contributed by atoms with Gasteiger partial charge in [-0.2, -0.15) is 0 Å². The van der Waals surface area contributed by atoms with Crippen molar-refractivity contribution in [2.75, 3.05) is 26.3 Å². The highest BCUT2D eigenvalue weighted by Gasteiger charge is 2.30. The molecule has 4 rings (SSSR count). The van der Waals surface area contributed by atoms with Crippen molar-refractivity contribution < 1.29 is 19.1 Å². The van der Waals surface area contributed by atoms with E-state index in [0.717, 1.165) is 55.4 Å². The van der Waals surface area contributed by atoms with Crippen LogP contribution in [0.4, 0.5) is 0 Å². The van der Waals surface area contributed by atoms with Crippen molar-refractivity contribution in [1.82, 2.24) is 9.47 Å². The number of primary amides is 1. The molecule has 0 spiro atoms. The largest absolute Gasteiger partial charge is 0.490 e. The van der Waals surface area contributed by atoms with Gasteiger partial charge in [0.05, 0.1) is 5.52 Å². The number of likely N-dealkylation sites (tertiary alicyclic amines) is 1. The summed E-state index contributed by atoms with van der Waals surface area (Å²) in [6.45, 7) is 3.00. The molecular weight excluding hydrogens is 358 g/mol. The van der Waals surface area contributed by atoms with Crippen molar-refractivity contribution >= 4 is 22.7 Å².